The molecule has 1 aliphatic heterocycles. The third-order valence-electron chi connectivity index (χ3n) is 6.33. The molecule has 1 saturated heterocycles. The smallest absolute Gasteiger partial charge is 0.191 e. The number of guanidine groups is 1. The van der Waals surface area contributed by atoms with Gasteiger partial charge >= 0.3 is 0 Å². The van der Waals surface area contributed by atoms with E-state index in [0.717, 1.165) is 56.2 Å². The Balaban J connectivity index is 1.45. The van der Waals surface area contributed by atoms with E-state index in [0.29, 0.717) is 24.5 Å². The number of piperidine rings is 1. The van der Waals surface area contributed by atoms with Crippen LogP contribution in [0.25, 0.3) is 0 Å². The van der Waals surface area contributed by atoms with Crippen molar-refractivity contribution in [1.82, 2.24) is 20.7 Å². The first-order valence-corrected chi connectivity index (χ1v) is 11.4. The van der Waals surface area contributed by atoms with Crippen molar-refractivity contribution in [2.24, 2.45) is 4.99 Å². The molecule has 2 N–H and O–H groups in total. The highest BCUT2D eigenvalue weighted by atomic mass is 16.5. The number of nitrogens with zero attached hydrogens (tertiary/aromatic N) is 3. The molecule has 164 valence electrons. The summed E-state index contributed by atoms with van der Waals surface area (Å²) in [6.45, 7) is 9.46. The van der Waals surface area contributed by atoms with Crippen LogP contribution >= 0.6 is 0 Å². The van der Waals surface area contributed by atoms with Crippen LogP contribution < -0.4 is 10.6 Å². The summed E-state index contributed by atoms with van der Waals surface area (Å²) >= 11 is 0. The molecule has 0 radical (unpaired) electrons. The summed E-state index contributed by atoms with van der Waals surface area (Å²) in [7, 11) is 1.82. The van der Waals surface area contributed by atoms with Gasteiger partial charge in [0.2, 0.25) is 0 Å². The number of nitrogens with one attached hydrogen (secondary N) is 2. The van der Waals surface area contributed by atoms with Crippen molar-refractivity contribution >= 4 is 5.96 Å². The first-order valence-electron chi connectivity index (χ1n) is 11.4. The quantitative estimate of drug-likeness (QED) is 0.496. The van der Waals surface area contributed by atoms with Crippen molar-refractivity contribution in [3.8, 4) is 0 Å². The molecular weight excluding hydrogens is 374 g/mol. The second kappa shape index (κ2) is 11.2. The van der Waals surface area contributed by atoms with E-state index in [2.05, 4.69) is 82.9 Å². The molecule has 1 atom stereocenters. The Morgan fingerprint density at radius 2 is 1.90 bits per heavy atom. The van der Waals surface area contributed by atoms with Gasteiger partial charge in [-0.15, -0.1) is 0 Å². The minimum Gasteiger partial charge on any atom is -0.359 e. The topological polar surface area (TPSA) is 65.7 Å². The highest BCUT2D eigenvalue weighted by Gasteiger charge is 2.24. The highest BCUT2D eigenvalue weighted by molar-refractivity contribution is 5.79. The lowest BCUT2D eigenvalue weighted by Gasteiger charge is -2.37. The van der Waals surface area contributed by atoms with Crippen molar-refractivity contribution in [2.75, 3.05) is 20.1 Å². The van der Waals surface area contributed by atoms with Gasteiger partial charge in [-0.05, 0) is 38.2 Å². The summed E-state index contributed by atoms with van der Waals surface area (Å²) < 4.78 is 5.51. The largest absolute Gasteiger partial charge is 0.359 e. The fraction of sp³-hybridized carbons (Fsp3) is 0.583. The van der Waals surface area contributed by atoms with Gasteiger partial charge in [-0.3, -0.25) is 9.89 Å². The second-order valence-corrected chi connectivity index (χ2v) is 8.20. The minimum atomic E-state index is 0.435. The highest BCUT2D eigenvalue weighted by Crippen LogP contribution is 2.24. The fourth-order valence-electron chi connectivity index (χ4n) is 4.24. The molecule has 0 saturated carbocycles. The van der Waals surface area contributed by atoms with Crippen LogP contribution in [0.15, 0.2) is 45.9 Å². The first-order chi connectivity index (χ1) is 14.6. The third-order valence-corrected chi connectivity index (χ3v) is 6.33. The summed E-state index contributed by atoms with van der Waals surface area (Å²) in [5, 5.41) is 11.2. The van der Waals surface area contributed by atoms with Crippen molar-refractivity contribution in [3.63, 3.8) is 0 Å². The number of rotatable bonds is 8. The zero-order valence-corrected chi connectivity index (χ0v) is 18.9. The lowest BCUT2D eigenvalue weighted by atomic mass is 9.99. The van der Waals surface area contributed by atoms with E-state index >= 15 is 0 Å². The van der Waals surface area contributed by atoms with Crippen LogP contribution in [0.2, 0.25) is 0 Å². The standard InChI is InChI=1S/C24H37N5O/c1-5-19(6-2)23-16-22(30-28-23)17-26-24(25-4)27-21-12-14-29(15-13-21)18(3)20-10-8-7-9-11-20/h7-11,16,18-19,21H,5-6,12-15,17H2,1-4H3,(H2,25,26,27). The Bertz CT molecular complexity index is 776. The van der Waals surface area contributed by atoms with Crippen molar-refractivity contribution < 1.29 is 4.52 Å². The molecule has 0 aliphatic carbocycles. The molecule has 1 unspecified atom stereocenters. The molecule has 30 heavy (non-hydrogen) atoms. The number of hydrogen-bond donors (Lipinski definition) is 2. The van der Waals surface area contributed by atoms with Crippen LogP contribution in [0.3, 0.4) is 0 Å². The van der Waals surface area contributed by atoms with Gasteiger partial charge in [-0.1, -0.05) is 49.3 Å². The number of likely N-dealkylation sites (tertiary alicyclic amines) is 1. The van der Waals surface area contributed by atoms with Gasteiger partial charge in [0.1, 0.15) is 0 Å². The van der Waals surface area contributed by atoms with Crippen LogP contribution in [0.4, 0.5) is 0 Å². The van der Waals surface area contributed by atoms with Gasteiger partial charge in [0.05, 0.1) is 12.2 Å². The predicted molar refractivity (Wildman–Crippen MR) is 123 cm³/mol. The SMILES string of the molecule is CCC(CC)c1cc(CNC(=NC)NC2CCN(C(C)c3ccccc3)CC2)on1. The molecule has 1 aromatic heterocycles. The van der Waals surface area contributed by atoms with Crippen LogP contribution in [0, 0.1) is 0 Å². The van der Waals surface area contributed by atoms with E-state index in [4.69, 9.17) is 4.52 Å². The van der Waals surface area contributed by atoms with E-state index in [9.17, 15) is 0 Å². The van der Waals surface area contributed by atoms with Gasteiger partial charge < -0.3 is 15.2 Å². The van der Waals surface area contributed by atoms with Crippen LogP contribution in [0.1, 0.15) is 75.4 Å². The average molecular weight is 412 g/mol. The van der Waals surface area contributed by atoms with E-state index in [1.165, 1.54) is 5.56 Å². The first kappa shape index (κ1) is 22.3. The van der Waals surface area contributed by atoms with Crippen LogP contribution in [-0.4, -0.2) is 42.2 Å². The summed E-state index contributed by atoms with van der Waals surface area (Å²) in [5.41, 5.74) is 2.45. The third kappa shape index (κ3) is 5.85. The van der Waals surface area contributed by atoms with E-state index < -0.39 is 0 Å². The molecule has 1 aromatic carbocycles. The van der Waals surface area contributed by atoms with Crippen molar-refractivity contribution in [1.29, 1.82) is 0 Å². The number of hydrogen-bond acceptors (Lipinski definition) is 4. The van der Waals surface area contributed by atoms with Crippen LogP contribution in [-0.2, 0) is 6.54 Å². The van der Waals surface area contributed by atoms with E-state index in [1.54, 1.807) is 0 Å². The Morgan fingerprint density at radius 3 is 2.53 bits per heavy atom. The Labute approximate surface area is 181 Å². The molecule has 1 aliphatic rings. The molecule has 2 heterocycles. The zero-order valence-electron chi connectivity index (χ0n) is 18.9. The van der Waals surface area contributed by atoms with Gasteiger partial charge in [-0.2, -0.15) is 0 Å². The minimum absolute atomic E-state index is 0.435. The fourth-order valence-corrected chi connectivity index (χ4v) is 4.24. The normalized spacial score (nSPS) is 17.3. The number of benzene rings is 1. The Kier molecular flexibility index (Phi) is 8.31. The second-order valence-electron chi connectivity index (χ2n) is 8.20. The monoisotopic (exact) mass is 411 g/mol. The van der Waals surface area contributed by atoms with Crippen molar-refractivity contribution in [2.45, 2.75) is 71.0 Å². The maximum atomic E-state index is 5.51. The molecule has 2 aromatic rings. The Hall–Kier alpha value is -2.34. The van der Waals surface area contributed by atoms with Crippen molar-refractivity contribution in [3.05, 3.63) is 53.4 Å². The lowest BCUT2D eigenvalue weighted by molar-refractivity contribution is 0.158. The molecule has 0 spiro atoms. The van der Waals surface area contributed by atoms with Gasteiger partial charge in [0.25, 0.3) is 0 Å². The number of aromatic nitrogens is 1. The molecule has 1 fully saturated rings. The van der Waals surface area contributed by atoms with E-state index in [1.807, 2.05) is 7.05 Å². The maximum absolute atomic E-state index is 5.51. The molecule has 6 nitrogen and oxygen atoms in total. The summed E-state index contributed by atoms with van der Waals surface area (Å²) in [5.74, 6) is 2.15. The molecule has 6 heteroatoms. The van der Waals surface area contributed by atoms with Gasteiger partial charge in [0.15, 0.2) is 11.7 Å². The maximum Gasteiger partial charge on any atom is 0.191 e. The summed E-state index contributed by atoms with van der Waals surface area (Å²) in [4.78, 5) is 6.96. The molecule has 0 bridgehead atoms. The van der Waals surface area contributed by atoms with Gasteiger partial charge in [0, 0.05) is 44.2 Å². The predicted octanol–water partition coefficient (Wildman–Crippen LogP) is 4.47. The van der Waals surface area contributed by atoms with E-state index in [-0.39, 0.29) is 0 Å². The van der Waals surface area contributed by atoms with Gasteiger partial charge in [-0.25, -0.2) is 0 Å². The zero-order chi connectivity index (χ0) is 21.3. The van der Waals surface area contributed by atoms with Crippen LogP contribution in [0.5, 0.6) is 0 Å². The number of aliphatic imine (C=N–C) groups is 1. The molecule has 0 amide bonds. The molecule has 3 rings (SSSR count). The lowest BCUT2D eigenvalue weighted by Crippen LogP contribution is -2.48. The summed E-state index contributed by atoms with van der Waals surface area (Å²) in [6.07, 6.45) is 4.39. The summed E-state index contributed by atoms with van der Waals surface area (Å²) in [6, 6.07) is 13.7. The average Bonchev–Trinajstić information content (AvgIpc) is 3.26. The molecular formula is C24H37N5O. The Morgan fingerprint density at radius 1 is 1.20 bits per heavy atom.